The molecule has 38 heavy (non-hydrogen) atoms. The van der Waals surface area contributed by atoms with Crippen molar-refractivity contribution in [2.45, 2.75) is 18.0 Å². The fourth-order valence-corrected chi connectivity index (χ4v) is 6.35. The van der Waals surface area contributed by atoms with Crippen LogP contribution in [-0.2, 0) is 30.6 Å². The fourth-order valence-electron chi connectivity index (χ4n) is 5.84. The molecule has 4 atom stereocenters. The van der Waals surface area contributed by atoms with Crippen LogP contribution in [0.2, 0.25) is 0 Å². The van der Waals surface area contributed by atoms with Crippen molar-refractivity contribution >= 4 is 38.4 Å². The van der Waals surface area contributed by atoms with Gasteiger partial charge in [0.2, 0.25) is 11.8 Å². The number of rotatable bonds is 8. The number of likely N-dealkylation sites (tertiary alicyclic amines) is 1. The maximum Gasteiger partial charge on any atom is 0.325 e. The van der Waals surface area contributed by atoms with E-state index in [0.717, 1.165) is 21.9 Å². The lowest BCUT2D eigenvalue weighted by Gasteiger charge is -2.31. The summed E-state index contributed by atoms with van der Waals surface area (Å²) in [5, 5.41) is 15.7. The number of fused-ring (bicyclic) bond motifs is 2. The van der Waals surface area contributed by atoms with E-state index < -0.39 is 56.8 Å². The SMILES string of the molecule is COc1ccccc1C1NC(Cc2ccc3ccccc3c2)(C(=O)O)C2C(=O)N(CCS(C)(=O)=O)C(=O)C12. The van der Waals surface area contributed by atoms with Gasteiger partial charge in [-0.2, -0.15) is 0 Å². The molecule has 2 amide bonds. The van der Waals surface area contributed by atoms with Crippen LogP contribution in [0, 0.1) is 11.8 Å². The smallest absolute Gasteiger partial charge is 0.325 e. The quantitative estimate of drug-likeness (QED) is 0.419. The van der Waals surface area contributed by atoms with E-state index in [1.54, 1.807) is 24.3 Å². The maximum absolute atomic E-state index is 13.7. The van der Waals surface area contributed by atoms with Crippen LogP contribution in [0.3, 0.4) is 0 Å². The molecule has 10 heteroatoms. The minimum Gasteiger partial charge on any atom is -0.496 e. The molecule has 3 aromatic carbocycles. The fraction of sp³-hybridized carbons (Fsp3) is 0.321. The van der Waals surface area contributed by atoms with Crippen LogP contribution >= 0.6 is 0 Å². The lowest BCUT2D eigenvalue weighted by molar-refractivity contribution is -0.151. The number of para-hydroxylation sites is 1. The van der Waals surface area contributed by atoms with Crippen molar-refractivity contribution in [2.24, 2.45) is 11.8 Å². The Morgan fingerprint density at radius 2 is 1.71 bits per heavy atom. The second-order valence-electron chi connectivity index (χ2n) is 9.96. The highest BCUT2D eigenvalue weighted by atomic mass is 32.2. The minimum absolute atomic E-state index is 0.0566. The number of hydrogen-bond donors (Lipinski definition) is 2. The average molecular weight is 537 g/mol. The Balaban J connectivity index is 1.63. The molecule has 0 spiro atoms. The zero-order valence-corrected chi connectivity index (χ0v) is 21.8. The van der Waals surface area contributed by atoms with Gasteiger partial charge in [-0.05, 0) is 22.4 Å². The van der Waals surface area contributed by atoms with Gasteiger partial charge in [0.05, 0.1) is 24.7 Å². The Hall–Kier alpha value is -3.76. The third-order valence-corrected chi connectivity index (χ3v) is 8.51. The minimum atomic E-state index is -3.47. The highest BCUT2D eigenvalue weighted by Gasteiger charge is 2.68. The number of carboxylic acids is 1. The Kier molecular flexibility index (Phi) is 6.48. The van der Waals surface area contributed by atoms with Gasteiger partial charge >= 0.3 is 5.97 Å². The first-order chi connectivity index (χ1) is 18.1. The number of aliphatic carboxylic acids is 1. The van der Waals surface area contributed by atoms with Crippen LogP contribution in [0.4, 0.5) is 0 Å². The first kappa shape index (κ1) is 25.9. The summed E-state index contributed by atoms with van der Waals surface area (Å²) in [5.74, 6) is -4.77. The molecule has 4 unspecified atom stereocenters. The van der Waals surface area contributed by atoms with Crippen LogP contribution in [0.5, 0.6) is 5.75 Å². The van der Waals surface area contributed by atoms with E-state index in [1.165, 1.54) is 7.11 Å². The second kappa shape index (κ2) is 9.52. The van der Waals surface area contributed by atoms with E-state index in [4.69, 9.17) is 4.74 Å². The van der Waals surface area contributed by atoms with Crippen LogP contribution in [0.15, 0.2) is 66.7 Å². The van der Waals surface area contributed by atoms with Crippen LogP contribution in [-0.4, -0.2) is 67.4 Å². The van der Waals surface area contributed by atoms with Gasteiger partial charge in [0, 0.05) is 30.8 Å². The zero-order chi connectivity index (χ0) is 27.2. The van der Waals surface area contributed by atoms with Crippen LogP contribution in [0.25, 0.3) is 10.8 Å². The number of nitrogens with zero attached hydrogens (tertiary/aromatic N) is 1. The van der Waals surface area contributed by atoms with Gasteiger partial charge in [-0.1, -0.05) is 60.7 Å². The predicted octanol–water partition coefficient (Wildman–Crippen LogP) is 2.20. The third-order valence-electron chi connectivity index (χ3n) is 7.58. The number of nitrogens with one attached hydrogen (secondary N) is 1. The number of hydrogen-bond acceptors (Lipinski definition) is 7. The summed E-state index contributed by atoms with van der Waals surface area (Å²) in [6, 6.07) is 19.4. The Bertz CT molecular complexity index is 1550. The lowest BCUT2D eigenvalue weighted by Crippen LogP contribution is -2.57. The number of ether oxygens (including phenoxy) is 1. The van der Waals surface area contributed by atoms with Gasteiger partial charge in [-0.3, -0.25) is 24.6 Å². The Labute approximate surface area is 220 Å². The van der Waals surface area contributed by atoms with E-state index in [1.807, 2.05) is 42.5 Å². The first-order valence-electron chi connectivity index (χ1n) is 12.2. The average Bonchev–Trinajstić information content (AvgIpc) is 3.36. The van der Waals surface area contributed by atoms with Crippen molar-refractivity contribution in [3.8, 4) is 5.75 Å². The van der Waals surface area contributed by atoms with Crippen molar-refractivity contribution in [1.82, 2.24) is 10.2 Å². The molecular formula is C28H28N2O7S. The third kappa shape index (κ3) is 4.33. The largest absolute Gasteiger partial charge is 0.496 e. The number of carbonyl (C=O) groups is 3. The predicted molar refractivity (Wildman–Crippen MR) is 140 cm³/mol. The number of carbonyl (C=O) groups excluding carboxylic acids is 2. The summed E-state index contributed by atoms with van der Waals surface area (Å²) in [6.07, 6.45) is 0.970. The molecular weight excluding hydrogens is 508 g/mol. The van der Waals surface area contributed by atoms with Gasteiger partial charge in [-0.15, -0.1) is 0 Å². The molecule has 2 aliphatic rings. The standard InChI is InChI=1S/C28H28N2O7S/c1-37-21-10-6-5-9-20(21)24-22-23(26(32)30(25(22)31)13-14-38(2,35)36)28(29-24,27(33)34)16-17-11-12-18-7-3-4-8-19(18)15-17/h3-12,15,22-24,29H,13-14,16H2,1-2H3,(H,33,34). The zero-order valence-electron chi connectivity index (χ0n) is 21.0. The van der Waals surface area contributed by atoms with E-state index >= 15 is 0 Å². The van der Waals surface area contributed by atoms with Crippen molar-refractivity contribution < 1.29 is 32.6 Å². The van der Waals surface area contributed by atoms with Gasteiger partial charge in [-0.25, -0.2) is 8.42 Å². The van der Waals surface area contributed by atoms with Crippen LogP contribution in [0.1, 0.15) is 17.2 Å². The molecule has 2 fully saturated rings. The first-order valence-corrected chi connectivity index (χ1v) is 14.3. The van der Waals surface area contributed by atoms with Gasteiger partial charge in [0.1, 0.15) is 21.1 Å². The number of imide groups is 1. The van der Waals surface area contributed by atoms with Gasteiger partial charge in [0.15, 0.2) is 0 Å². The topological polar surface area (TPSA) is 130 Å². The summed E-state index contributed by atoms with van der Waals surface area (Å²) in [5.41, 5.74) is -0.573. The Morgan fingerprint density at radius 3 is 2.39 bits per heavy atom. The van der Waals surface area contributed by atoms with Crippen molar-refractivity contribution in [1.29, 1.82) is 0 Å². The van der Waals surface area contributed by atoms with E-state index in [0.29, 0.717) is 16.9 Å². The summed E-state index contributed by atoms with van der Waals surface area (Å²) in [7, 11) is -1.99. The molecule has 0 radical (unpaired) electrons. The highest BCUT2D eigenvalue weighted by Crippen LogP contribution is 2.51. The second-order valence-corrected chi connectivity index (χ2v) is 12.2. The van der Waals surface area contributed by atoms with Crippen LogP contribution < -0.4 is 10.1 Å². The molecule has 3 aromatic rings. The number of carboxylic acid groups (broad SMARTS) is 1. The molecule has 0 bridgehead atoms. The number of amides is 2. The molecule has 2 heterocycles. The van der Waals surface area contributed by atoms with E-state index in [2.05, 4.69) is 5.32 Å². The normalized spacial score (nSPS) is 25.1. The molecule has 9 nitrogen and oxygen atoms in total. The van der Waals surface area contributed by atoms with Crippen molar-refractivity contribution in [2.75, 3.05) is 25.7 Å². The number of sulfone groups is 1. The summed E-state index contributed by atoms with van der Waals surface area (Å²) < 4.78 is 29.2. The summed E-state index contributed by atoms with van der Waals surface area (Å²) in [4.78, 5) is 41.4. The van der Waals surface area contributed by atoms with Crippen molar-refractivity contribution in [3.63, 3.8) is 0 Å². The molecule has 0 aromatic heterocycles. The summed E-state index contributed by atoms with van der Waals surface area (Å²) >= 11 is 0. The molecule has 0 saturated carbocycles. The maximum atomic E-state index is 13.7. The monoisotopic (exact) mass is 536 g/mol. The van der Waals surface area contributed by atoms with Gasteiger partial charge < -0.3 is 9.84 Å². The molecule has 2 saturated heterocycles. The van der Waals surface area contributed by atoms with E-state index in [9.17, 15) is 27.9 Å². The number of benzene rings is 3. The summed E-state index contributed by atoms with van der Waals surface area (Å²) in [6.45, 7) is -0.326. The lowest BCUT2D eigenvalue weighted by atomic mass is 9.76. The molecule has 2 N–H and O–H groups in total. The van der Waals surface area contributed by atoms with Gasteiger partial charge in [0.25, 0.3) is 0 Å². The molecule has 5 rings (SSSR count). The molecule has 198 valence electrons. The highest BCUT2D eigenvalue weighted by molar-refractivity contribution is 7.90. The Morgan fingerprint density at radius 1 is 1.03 bits per heavy atom. The number of methoxy groups -OCH3 is 1. The van der Waals surface area contributed by atoms with Crippen molar-refractivity contribution in [3.05, 3.63) is 77.9 Å². The molecule has 0 aliphatic carbocycles. The van der Waals surface area contributed by atoms with E-state index in [-0.39, 0.29) is 13.0 Å². The molecule has 2 aliphatic heterocycles.